The molecular weight excluding hydrogens is 335 g/mol. The van der Waals surface area contributed by atoms with Gasteiger partial charge in [-0.3, -0.25) is 0 Å². The number of hydrogen-bond acceptors (Lipinski definition) is 4. The first kappa shape index (κ1) is 20.5. The molecule has 1 aromatic rings. The number of ether oxygens (including phenoxy) is 2. The van der Waals surface area contributed by atoms with Gasteiger partial charge in [0.25, 0.3) is 0 Å². The van der Waals surface area contributed by atoms with E-state index in [1.165, 1.54) is 12.1 Å². The lowest BCUT2D eigenvalue weighted by atomic mass is 9.97. The molecule has 1 fully saturated rings. The standard InChI is InChI=1S/C20H31FN2O3/c1-5-25-18-7-6-17(21)12-16(18)14-22-13-15-8-10-23(11-9-15)19(24)26-20(2,3)4/h6-7,12,15,22H,5,8-11,13-14H2,1-4H3. The molecule has 0 aliphatic carbocycles. The summed E-state index contributed by atoms with van der Waals surface area (Å²) in [5.74, 6) is 0.967. The summed E-state index contributed by atoms with van der Waals surface area (Å²) in [7, 11) is 0. The molecule has 1 amide bonds. The molecule has 5 nitrogen and oxygen atoms in total. The first-order chi connectivity index (χ1) is 12.3. The van der Waals surface area contributed by atoms with Gasteiger partial charge in [-0.05, 0) is 71.2 Å². The Labute approximate surface area is 155 Å². The van der Waals surface area contributed by atoms with Crippen molar-refractivity contribution in [1.29, 1.82) is 0 Å². The summed E-state index contributed by atoms with van der Waals surface area (Å²) in [5, 5.41) is 3.40. The number of nitrogens with zero attached hydrogens (tertiary/aromatic N) is 1. The van der Waals surface area contributed by atoms with Gasteiger partial charge in [0.2, 0.25) is 0 Å². The van der Waals surface area contributed by atoms with Crippen molar-refractivity contribution >= 4 is 6.09 Å². The molecule has 2 rings (SSSR count). The van der Waals surface area contributed by atoms with Crippen LogP contribution in [-0.2, 0) is 11.3 Å². The van der Waals surface area contributed by atoms with E-state index >= 15 is 0 Å². The van der Waals surface area contributed by atoms with E-state index in [1.807, 2.05) is 27.7 Å². The second-order valence-electron chi connectivity index (χ2n) is 7.73. The molecule has 1 aliphatic heterocycles. The molecular formula is C20H31FN2O3. The minimum absolute atomic E-state index is 0.231. The number of hydrogen-bond donors (Lipinski definition) is 1. The molecule has 0 radical (unpaired) electrons. The van der Waals surface area contributed by atoms with E-state index in [0.29, 0.717) is 32.2 Å². The minimum atomic E-state index is -0.460. The van der Waals surface area contributed by atoms with Crippen molar-refractivity contribution in [3.05, 3.63) is 29.6 Å². The number of carbonyl (C=O) groups excluding carboxylic acids is 1. The maximum Gasteiger partial charge on any atom is 0.410 e. The molecule has 26 heavy (non-hydrogen) atoms. The highest BCUT2D eigenvalue weighted by Crippen LogP contribution is 2.21. The van der Waals surface area contributed by atoms with Gasteiger partial charge < -0.3 is 19.7 Å². The Morgan fingerprint density at radius 2 is 2.00 bits per heavy atom. The van der Waals surface area contributed by atoms with E-state index < -0.39 is 5.60 Å². The zero-order valence-corrected chi connectivity index (χ0v) is 16.3. The highest BCUT2D eigenvalue weighted by Gasteiger charge is 2.26. The highest BCUT2D eigenvalue weighted by molar-refractivity contribution is 5.68. The van der Waals surface area contributed by atoms with Crippen LogP contribution >= 0.6 is 0 Å². The molecule has 0 unspecified atom stereocenters. The van der Waals surface area contributed by atoms with E-state index in [4.69, 9.17) is 9.47 Å². The predicted molar refractivity (Wildman–Crippen MR) is 99.8 cm³/mol. The van der Waals surface area contributed by atoms with E-state index in [0.717, 1.165) is 30.7 Å². The second kappa shape index (κ2) is 9.21. The second-order valence-corrected chi connectivity index (χ2v) is 7.73. The van der Waals surface area contributed by atoms with Gasteiger partial charge in [-0.2, -0.15) is 0 Å². The third-order valence-corrected chi connectivity index (χ3v) is 4.34. The van der Waals surface area contributed by atoms with Crippen LogP contribution in [0.5, 0.6) is 5.75 Å². The Morgan fingerprint density at radius 1 is 1.31 bits per heavy atom. The number of rotatable bonds is 6. The van der Waals surface area contributed by atoms with Gasteiger partial charge in [-0.25, -0.2) is 9.18 Å². The van der Waals surface area contributed by atoms with E-state index in [9.17, 15) is 9.18 Å². The van der Waals surface area contributed by atoms with Crippen molar-refractivity contribution in [2.75, 3.05) is 26.2 Å². The van der Waals surface area contributed by atoms with Gasteiger partial charge >= 0.3 is 6.09 Å². The summed E-state index contributed by atoms with van der Waals surface area (Å²) in [6, 6.07) is 4.61. The van der Waals surface area contributed by atoms with Crippen molar-refractivity contribution in [3.8, 4) is 5.75 Å². The summed E-state index contributed by atoms with van der Waals surface area (Å²) in [6.07, 6.45) is 1.64. The molecule has 146 valence electrons. The number of likely N-dealkylation sites (tertiary alicyclic amines) is 1. The van der Waals surface area contributed by atoms with Crippen LogP contribution < -0.4 is 10.1 Å². The summed E-state index contributed by atoms with van der Waals surface area (Å²) < 4.78 is 24.4. The number of piperidine rings is 1. The maximum absolute atomic E-state index is 13.5. The molecule has 1 heterocycles. The smallest absolute Gasteiger partial charge is 0.410 e. The average Bonchev–Trinajstić information content (AvgIpc) is 2.56. The zero-order chi connectivity index (χ0) is 19.2. The first-order valence-electron chi connectivity index (χ1n) is 9.38. The van der Waals surface area contributed by atoms with E-state index in [2.05, 4.69) is 5.32 Å². The van der Waals surface area contributed by atoms with Crippen molar-refractivity contribution in [2.45, 2.75) is 52.7 Å². The van der Waals surface area contributed by atoms with E-state index in [-0.39, 0.29) is 11.9 Å². The first-order valence-corrected chi connectivity index (χ1v) is 9.38. The Morgan fingerprint density at radius 3 is 2.62 bits per heavy atom. The molecule has 0 saturated carbocycles. The SMILES string of the molecule is CCOc1ccc(F)cc1CNCC1CCN(C(=O)OC(C)(C)C)CC1. The highest BCUT2D eigenvalue weighted by atomic mass is 19.1. The maximum atomic E-state index is 13.5. The van der Waals surface area contributed by atoms with Crippen molar-refractivity contribution in [2.24, 2.45) is 5.92 Å². The third kappa shape index (κ3) is 6.48. The summed E-state index contributed by atoms with van der Waals surface area (Å²) >= 11 is 0. The molecule has 1 aromatic carbocycles. The van der Waals surface area contributed by atoms with Crippen molar-refractivity contribution in [1.82, 2.24) is 10.2 Å². The number of nitrogens with one attached hydrogen (secondary N) is 1. The topological polar surface area (TPSA) is 50.8 Å². The van der Waals surface area contributed by atoms with Crippen molar-refractivity contribution < 1.29 is 18.7 Å². The number of amides is 1. The van der Waals surface area contributed by atoms with Crippen LogP contribution in [-0.4, -0.2) is 42.8 Å². The molecule has 0 atom stereocenters. The number of halogens is 1. The van der Waals surface area contributed by atoms with E-state index in [1.54, 1.807) is 11.0 Å². The average molecular weight is 366 g/mol. The van der Waals surface area contributed by atoms with Crippen LogP contribution in [0, 0.1) is 11.7 Å². The Balaban J connectivity index is 1.75. The Kier molecular flexibility index (Phi) is 7.26. The van der Waals surface area contributed by atoms with Crippen LogP contribution in [0.15, 0.2) is 18.2 Å². The van der Waals surface area contributed by atoms with Crippen LogP contribution in [0.1, 0.15) is 46.1 Å². The quantitative estimate of drug-likeness (QED) is 0.828. The van der Waals surface area contributed by atoms with Gasteiger partial charge in [-0.15, -0.1) is 0 Å². The fourth-order valence-corrected chi connectivity index (χ4v) is 3.04. The fourth-order valence-electron chi connectivity index (χ4n) is 3.04. The largest absolute Gasteiger partial charge is 0.494 e. The van der Waals surface area contributed by atoms with Gasteiger partial charge in [0.15, 0.2) is 0 Å². The molecule has 1 aliphatic rings. The zero-order valence-electron chi connectivity index (χ0n) is 16.3. The molecule has 0 aromatic heterocycles. The van der Waals surface area contributed by atoms with Crippen LogP contribution in [0.3, 0.4) is 0 Å². The normalized spacial score (nSPS) is 15.8. The molecule has 6 heteroatoms. The molecule has 0 bridgehead atoms. The summed E-state index contributed by atoms with van der Waals surface area (Å²) in [6.45, 7) is 10.9. The van der Waals surface area contributed by atoms with Gasteiger partial charge in [0.05, 0.1) is 6.61 Å². The van der Waals surface area contributed by atoms with Gasteiger partial charge in [-0.1, -0.05) is 0 Å². The van der Waals surface area contributed by atoms with Gasteiger partial charge in [0, 0.05) is 25.2 Å². The van der Waals surface area contributed by atoms with Crippen LogP contribution in [0.4, 0.5) is 9.18 Å². The lowest BCUT2D eigenvalue weighted by molar-refractivity contribution is 0.0184. The third-order valence-electron chi connectivity index (χ3n) is 4.34. The van der Waals surface area contributed by atoms with Crippen LogP contribution in [0.25, 0.3) is 0 Å². The lowest BCUT2D eigenvalue weighted by Crippen LogP contribution is -2.43. The fraction of sp³-hybridized carbons (Fsp3) is 0.650. The molecule has 0 spiro atoms. The van der Waals surface area contributed by atoms with Crippen LogP contribution in [0.2, 0.25) is 0 Å². The monoisotopic (exact) mass is 366 g/mol. The molecule has 1 N–H and O–H groups in total. The molecule has 1 saturated heterocycles. The number of carbonyl (C=O) groups is 1. The van der Waals surface area contributed by atoms with Crippen molar-refractivity contribution in [3.63, 3.8) is 0 Å². The number of benzene rings is 1. The summed E-state index contributed by atoms with van der Waals surface area (Å²) in [4.78, 5) is 13.9. The minimum Gasteiger partial charge on any atom is -0.494 e. The Bertz CT molecular complexity index is 593. The van der Waals surface area contributed by atoms with Gasteiger partial charge in [0.1, 0.15) is 17.2 Å². The summed E-state index contributed by atoms with van der Waals surface area (Å²) in [5.41, 5.74) is 0.372. The lowest BCUT2D eigenvalue weighted by Gasteiger charge is -2.33. The predicted octanol–water partition coefficient (Wildman–Crippen LogP) is 3.96. The Hall–Kier alpha value is -1.82.